The van der Waals surface area contributed by atoms with E-state index in [0.29, 0.717) is 18.9 Å². The SMILES string of the molecule is CN=C(NCc1nnc2n1CCCC2)N1CCC(CC(=O)NC)CC1. The average molecular weight is 347 g/mol. The highest BCUT2D eigenvalue weighted by Crippen LogP contribution is 2.20. The Hall–Kier alpha value is -2.12. The van der Waals surface area contributed by atoms with Gasteiger partial charge in [-0.05, 0) is 31.6 Å². The third-order valence-electron chi connectivity index (χ3n) is 5.22. The van der Waals surface area contributed by atoms with Crippen LogP contribution in [0.4, 0.5) is 0 Å². The van der Waals surface area contributed by atoms with E-state index in [4.69, 9.17) is 0 Å². The number of aliphatic imine (C=N–C) groups is 1. The lowest BCUT2D eigenvalue weighted by Crippen LogP contribution is -2.46. The number of hydrogen-bond acceptors (Lipinski definition) is 4. The molecule has 0 radical (unpaired) electrons. The summed E-state index contributed by atoms with van der Waals surface area (Å²) in [7, 11) is 3.52. The number of carbonyl (C=O) groups excluding carboxylic acids is 1. The standard InChI is InChI=1S/C17H29N7O/c1-18-16(25)11-13-6-9-23(10-7-13)17(19-2)20-12-15-22-21-14-5-3-4-8-24(14)15/h13H,3-12H2,1-2H3,(H,18,25)(H,19,20). The molecule has 0 atom stereocenters. The second-order valence-corrected chi connectivity index (χ2v) is 6.85. The Kier molecular flexibility index (Phi) is 5.88. The van der Waals surface area contributed by atoms with Crippen LogP contribution in [0.25, 0.3) is 0 Å². The van der Waals surface area contributed by atoms with Crippen molar-refractivity contribution < 1.29 is 4.79 Å². The molecule has 0 bridgehead atoms. The Balaban J connectivity index is 1.50. The number of likely N-dealkylation sites (tertiary alicyclic amines) is 1. The van der Waals surface area contributed by atoms with E-state index < -0.39 is 0 Å². The third kappa shape index (κ3) is 4.29. The number of nitrogens with one attached hydrogen (secondary N) is 2. The second kappa shape index (κ2) is 8.31. The molecule has 2 aliphatic heterocycles. The molecule has 0 spiro atoms. The first kappa shape index (κ1) is 17.7. The predicted octanol–water partition coefficient (Wildman–Crippen LogP) is 0.538. The van der Waals surface area contributed by atoms with Crippen LogP contribution in [-0.4, -0.2) is 58.7 Å². The van der Waals surface area contributed by atoms with Gasteiger partial charge in [-0.1, -0.05) is 0 Å². The number of guanidine groups is 1. The van der Waals surface area contributed by atoms with Crippen molar-refractivity contribution in [3.8, 4) is 0 Å². The quantitative estimate of drug-likeness (QED) is 0.613. The smallest absolute Gasteiger partial charge is 0.220 e. The zero-order chi connectivity index (χ0) is 17.6. The second-order valence-electron chi connectivity index (χ2n) is 6.85. The fourth-order valence-electron chi connectivity index (χ4n) is 3.70. The molecule has 1 saturated heterocycles. The van der Waals surface area contributed by atoms with Crippen LogP contribution in [0.5, 0.6) is 0 Å². The Morgan fingerprint density at radius 1 is 1.24 bits per heavy atom. The van der Waals surface area contributed by atoms with Gasteiger partial charge in [0.05, 0.1) is 6.54 Å². The number of fused-ring (bicyclic) bond motifs is 1. The summed E-state index contributed by atoms with van der Waals surface area (Å²) >= 11 is 0. The molecule has 1 fully saturated rings. The summed E-state index contributed by atoms with van der Waals surface area (Å²) in [6, 6.07) is 0. The fourth-order valence-corrected chi connectivity index (χ4v) is 3.70. The Morgan fingerprint density at radius 2 is 2.04 bits per heavy atom. The number of aryl methyl sites for hydroxylation is 1. The molecule has 138 valence electrons. The number of piperidine rings is 1. The third-order valence-corrected chi connectivity index (χ3v) is 5.22. The van der Waals surface area contributed by atoms with Gasteiger partial charge in [0.1, 0.15) is 5.82 Å². The summed E-state index contributed by atoms with van der Waals surface area (Å²) in [5.74, 6) is 3.61. The molecule has 0 saturated carbocycles. The minimum atomic E-state index is 0.137. The van der Waals surface area contributed by atoms with Crippen molar-refractivity contribution in [2.75, 3.05) is 27.2 Å². The first-order chi connectivity index (χ1) is 12.2. The summed E-state index contributed by atoms with van der Waals surface area (Å²) in [6.45, 7) is 3.53. The van der Waals surface area contributed by atoms with Gasteiger partial charge in [-0.3, -0.25) is 9.79 Å². The van der Waals surface area contributed by atoms with Crippen molar-refractivity contribution in [2.45, 2.75) is 51.6 Å². The Labute approximate surface area is 149 Å². The van der Waals surface area contributed by atoms with Crippen LogP contribution in [0.3, 0.4) is 0 Å². The maximum atomic E-state index is 11.5. The average Bonchev–Trinajstić information content (AvgIpc) is 3.06. The molecule has 0 aliphatic carbocycles. The first-order valence-electron chi connectivity index (χ1n) is 9.28. The van der Waals surface area contributed by atoms with Crippen LogP contribution in [0.1, 0.15) is 43.8 Å². The number of carbonyl (C=O) groups is 1. The first-order valence-corrected chi connectivity index (χ1v) is 9.28. The van der Waals surface area contributed by atoms with E-state index in [1.165, 1.54) is 12.8 Å². The number of aromatic nitrogens is 3. The van der Waals surface area contributed by atoms with Crippen LogP contribution in [0, 0.1) is 5.92 Å². The lowest BCUT2D eigenvalue weighted by molar-refractivity contribution is -0.121. The van der Waals surface area contributed by atoms with Crippen molar-refractivity contribution >= 4 is 11.9 Å². The molecule has 8 nitrogen and oxygen atoms in total. The van der Waals surface area contributed by atoms with Crippen molar-refractivity contribution in [2.24, 2.45) is 10.9 Å². The van der Waals surface area contributed by atoms with E-state index in [1.807, 2.05) is 7.05 Å². The molecule has 8 heteroatoms. The molecular weight excluding hydrogens is 318 g/mol. The van der Waals surface area contributed by atoms with Gasteiger partial charge in [0.2, 0.25) is 5.91 Å². The van der Waals surface area contributed by atoms with E-state index in [1.54, 1.807) is 7.05 Å². The zero-order valence-corrected chi connectivity index (χ0v) is 15.3. The van der Waals surface area contributed by atoms with Gasteiger partial charge >= 0.3 is 0 Å². The van der Waals surface area contributed by atoms with E-state index in [0.717, 1.165) is 56.5 Å². The maximum Gasteiger partial charge on any atom is 0.220 e. The van der Waals surface area contributed by atoms with Crippen LogP contribution in [-0.2, 0) is 24.3 Å². The van der Waals surface area contributed by atoms with E-state index in [-0.39, 0.29) is 5.91 Å². The molecular formula is C17H29N7O. The maximum absolute atomic E-state index is 11.5. The number of nitrogens with zero attached hydrogens (tertiary/aromatic N) is 5. The van der Waals surface area contributed by atoms with Gasteiger partial charge in [0, 0.05) is 46.6 Å². The molecule has 1 aromatic heterocycles. The summed E-state index contributed by atoms with van der Waals surface area (Å²) < 4.78 is 2.24. The topological polar surface area (TPSA) is 87.4 Å². The normalized spacial score (nSPS) is 18.8. The van der Waals surface area contributed by atoms with Crippen LogP contribution >= 0.6 is 0 Å². The summed E-state index contributed by atoms with van der Waals surface area (Å²) in [6.07, 6.45) is 6.11. The molecule has 3 rings (SSSR count). The number of hydrogen-bond donors (Lipinski definition) is 2. The van der Waals surface area contributed by atoms with Crippen molar-refractivity contribution in [1.29, 1.82) is 0 Å². The van der Waals surface area contributed by atoms with Gasteiger partial charge in [0.25, 0.3) is 0 Å². The predicted molar refractivity (Wildman–Crippen MR) is 96.1 cm³/mol. The largest absolute Gasteiger partial charge is 0.359 e. The van der Waals surface area contributed by atoms with Gasteiger partial charge in [0.15, 0.2) is 11.8 Å². The molecule has 25 heavy (non-hydrogen) atoms. The lowest BCUT2D eigenvalue weighted by atomic mass is 9.93. The summed E-state index contributed by atoms with van der Waals surface area (Å²) in [5.41, 5.74) is 0. The van der Waals surface area contributed by atoms with Gasteiger partial charge < -0.3 is 20.1 Å². The van der Waals surface area contributed by atoms with Crippen molar-refractivity contribution in [1.82, 2.24) is 30.3 Å². The number of rotatable bonds is 4. The van der Waals surface area contributed by atoms with Crippen molar-refractivity contribution in [3.63, 3.8) is 0 Å². The minimum Gasteiger partial charge on any atom is -0.359 e. The molecule has 0 aromatic carbocycles. The van der Waals surface area contributed by atoms with Crippen molar-refractivity contribution in [3.05, 3.63) is 11.6 Å². The Bertz CT molecular complexity index is 617. The Morgan fingerprint density at radius 3 is 2.76 bits per heavy atom. The lowest BCUT2D eigenvalue weighted by Gasteiger charge is -2.34. The molecule has 2 aliphatic rings. The van der Waals surface area contributed by atoms with Gasteiger partial charge in [-0.2, -0.15) is 0 Å². The van der Waals surface area contributed by atoms with Crippen LogP contribution in [0.15, 0.2) is 4.99 Å². The summed E-state index contributed by atoms with van der Waals surface area (Å²) in [4.78, 5) is 18.2. The van der Waals surface area contributed by atoms with Crippen LogP contribution in [0.2, 0.25) is 0 Å². The highest BCUT2D eigenvalue weighted by atomic mass is 16.1. The highest BCUT2D eigenvalue weighted by molar-refractivity contribution is 5.80. The van der Waals surface area contributed by atoms with E-state index in [2.05, 4.69) is 35.3 Å². The van der Waals surface area contributed by atoms with E-state index >= 15 is 0 Å². The molecule has 1 aromatic rings. The molecule has 3 heterocycles. The molecule has 1 amide bonds. The van der Waals surface area contributed by atoms with Gasteiger partial charge in [-0.15, -0.1) is 10.2 Å². The minimum absolute atomic E-state index is 0.137. The molecule has 0 unspecified atom stereocenters. The van der Waals surface area contributed by atoms with Gasteiger partial charge in [-0.25, -0.2) is 0 Å². The zero-order valence-electron chi connectivity index (χ0n) is 15.3. The highest BCUT2D eigenvalue weighted by Gasteiger charge is 2.23. The molecule has 2 N–H and O–H groups in total. The van der Waals surface area contributed by atoms with Crippen LogP contribution < -0.4 is 10.6 Å². The summed E-state index contributed by atoms with van der Waals surface area (Å²) in [5, 5.41) is 14.8. The monoisotopic (exact) mass is 347 g/mol. The fraction of sp³-hybridized carbons (Fsp3) is 0.765. The van der Waals surface area contributed by atoms with E-state index in [9.17, 15) is 4.79 Å². The number of amides is 1.